The van der Waals surface area contributed by atoms with E-state index in [4.69, 9.17) is 0 Å². The summed E-state index contributed by atoms with van der Waals surface area (Å²) in [6.45, 7) is 5.14. The Morgan fingerprint density at radius 3 is 2.94 bits per heavy atom. The van der Waals surface area contributed by atoms with E-state index in [1.165, 1.54) is 10.7 Å². The predicted molar refractivity (Wildman–Crippen MR) is 61.2 cm³/mol. The Hall–Kier alpha value is -1.82. The Morgan fingerprint density at radius 2 is 2.24 bits per heavy atom. The van der Waals surface area contributed by atoms with Gasteiger partial charge in [-0.2, -0.15) is 4.68 Å². The second kappa shape index (κ2) is 5.01. The zero-order chi connectivity index (χ0) is 12.3. The maximum atomic E-state index is 13.8. The van der Waals surface area contributed by atoms with Gasteiger partial charge in [0.05, 0.1) is 6.54 Å². The summed E-state index contributed by atoms with van der Waals surface area (Å²) in [7, 11) is 0. The van der Waals surface area contributed by atoms with Gasteiger partial charge in [0, 0.05) is 0 Å². The lowest BCUT2D eigenvalue weighted by Crippen LogP contribution is -2.17. The molecule has 5 nitrogen and oxygen atoms in total. The van der Waals surface area contributed by atoms with Crippen LogP contribution in [0.2, 0.25) is 0 Å². The van der Waals surface area contributed by atoms with Crippen molar-refractivity contribution in [3.8, 4) is 5.69 Å². The zero-order valence-electron chi connectivity index (χ0n) is 9.81. The molecule has 1 N–H and O–H groups in total. The summed E-state index contributed by atoms with van der Waals surface area (Å²) in [5.41, 5.74) is 1.21. The van der Waals surface area contributed by atoms with E-state index in [1.807, 2.05) is 19.9 Å². The minimum absolute atomic E-state index is 0.324. The molecule has 0 saturated heterocycles. The van der Waals surface area contributed by atoms with Crippen molar-refractivity contribution in [2.45, 2.75) is 20.4 Å². The number of benzene rings is 1. The van der Waals surface area contributed by atoms with E-state index in [1.54, 1.807) is 6.07 Å². The molecule has 0 aliphatic heterocycles. The monoisotopic (exact) mass is 235 g/mol. The second-order valence-corrected chi connectivity index (χ2v) is 3.69. The lowest BCUT2D eigenvalue weighted by Gasteiger charge is -2.08. The van der Waals surface area contributed by atoms with Crippen LogP contribution in [0.3, 0.4) is 0 Å². The number of tetrazole rings is 1. The first-order valence-corrected chi connectivity index (χ1v) is 5.47. The molecule has 90 valence electrons. The minimum atomic E-state index is -0.324. The second-order valence-electron chi connectivity index (χ2n) is 3.69. The van der Waals surface area contributed by atoms with Gasteiger partial charge in [-0.15, -0.1) is 5.10 Å². The first kappa shape index (κ1) is 11.7. The summed E-state index contributed by atoms with van der Waals surface area (Å²) >= 11 is 0. The van der Waals surface area contributed by atoms with E-state index in [0.29, 0.717) is 18.1 Å². The third-order valence-electron chi connectivity index (χ3n) is 2.47. The zero-order valence-corrected chi connectivity index (χ0v) is 9.81. The number of aryl methyl sites for hydroxylation is 1. The quantitative estimate of drug-likeness (QED) is 0.865. The van der Waals surface area contributed by atoms with Gasteiger partial charge in [-0.05, 0) is 35.5 Å². The fourth-order valence-electron chi connectivity index (χ4n) is 1.62. The molecule has 0 saturated carbocycles. The molecule has 0 spiro atoms. The van der Waals surface area contributed by atoms with Crippen molar-refractivity contribution < 1.29 is 4.39 Å². The van der Waals surface area contributed by atoms with Crippen LogP contribution in [0, 0.1) is 12.7 Å². The number of aromatic nitrogens is 4. The van der Waals surface area contributed by atoms with Crippen molar-refractivity contribution in [2.75, 3.05) is 6.54 Å². The van der Waals surface area contributed by atoms with E-state index in [9.17, 15) is 4.39 Å². The number of nitrogens with one attached hydrogen (secondary N) is 1. The topological polar surface area (TPSA) is 55.6 Å². The SMILES string of the molecule is CCNCc1nnnn1-c1c(C)cccc1F. The van der Waals surface area contributed by atoms with Crippen molar-refractivity contribution in [3.63, 3.8) is 0 Å². The molecule has 0 radical (unpaired) electrons. The summed E-state index contributed by atoms with van der Waals surface area (Å²) < 4.78 is 15.2. The van der Waals surface area contributed by atoms with E-state index in [2.05, 4.69) is 20.8 Å². The van der Waals surface area contributed by atoms with Gasteiger partial charge in [0.15, 0.2) is 5.82 Å². The molecule has 17 heavy (non-hydrogen) atoms. The Bertz CT molecular complexity index is 488. The van der Waals surface area contributed by atoms with E-state index in [-0.39, 0.29) is 5.82 Å². The van der Waals surface area contributed by atoms with Gasteiger partial charge < -0.3 is 5.32 Å². The summed E-state index contributed by atoms with van der Waals surface area (Å²) in [6.07, 6.45) is 0. The van der Waals surface area contributed by atoms with Crippen molar-refractivity contribution in [1.29, 1.82) is 0 Å². The number of halogens is 1. The molecule has 1 aromatic carbocycles. The van der Waals surface area contributed by atoms with Crippen molar-refractivity contribution in [3.05, 3.63) is 35.4 Å². The van der Waals surface area contributed by atoms with E-state index < -0.39 is 0 Å². The summed E-state index contributed by atoms with van der Waals surface area (Å²) in [6, 6.07) is 4.90. The van der Waals surface area contributed by atoms with Crippen LogP contribution in [0.25, 0.3) is 5.69 Å². The lowest BCUT2D eigenvalue weighted by molar-refractivity contribution is 0.593. The Morgan fingerprint density at radius 1 is 1.41 bits per heavy atom. The van der Waals surface area contributed by atoms with E-state index in [0.717, 1.165) is 12.1 Å². The van der Waals surface area contributed by atoms with Crippen molar-refractivity contribution in [2.24, 2.45) is 0 Å². The maximum absolute atomic E-state index is 13.8. The first-order chi connectivity index (χ1) is 8.24. The highest BCUT2D eigenvalue weighted by molar-refractivity contribution is 5.41. The molecule has 0 bridgehead atoms. The molecule has 1 heterocycles. The van der Waals surface area contributed by atoms with Crippen LogP contribution in [0.15, 0.2) is 18.2 Å². The molecule has 0 aliphatic rings. The largest absolute Gasteiger partial charge is 0.310 e. The van der Waals surface area contributed by atoms with Crippen LogP contribution >= 0.6 is 0 Å². The van der Waals surface area contributed by atoms with Gasteiger partial charge in [0.2, 0.25) is 0 Å². The normalized spacial score (nSPS) is 10.8. The molecule has 2 rings (SSSR count). The highest BCUT2D eigenvalue weighted by atomic mass is 19.1. The standard InChI is InChI=1S/C11H14FN5/c1-3-13-7-10-14-15-16-17(10)11-8(2)5-4-6-9(11)12/h4-6,13H,3,7H2,1-2H3. The Balaban J connectivity index is 2.43. The van der Waals surface area contributed by atoms with Gasteiger partial charge in [-0.1, -0.05) is 19.1 Å². The third kappa shape index (κ3) is 2.31. The number of hydrogen-bond donors (Lipinski definition) is 1. The van der Waals surface area contributed by atoms with Crippen LogP contribution in [0.4, 0.5) is 4.39 Å². The van der Waals surface area contributed by atoms with Gasteiger partial charge in [-0.25, -0.2) is 4.39 Å². The molecule has 0 amide bonds. The number of rotatable bonds is 4. The predicted octanol–water partition coefficient (Wildman–Crippen LogP) is 1.22. The number of nitrogens with zero attached hydrogens (tertiary/aromatic N) is 4. The highest BCUT2D eigenvalue weighted by Crippen LogP contribution is 2.17. The molecular weight excluding hydrogens is 221 g/mol. The van der Waals surface area contributed by atoms with Crippen molar-refractivity contribution >= 4 is 0 Å². The average Bonchev–Trinajstić information content (AvgIpc) is 2.74. The van der Waals surface area contributed by atoms with Crippen LogP contribution in [-0.2, 0) is 6.54 Å². The highest BCUT2D eigenvalue weighted by Gasteiger charge is 2.13. The fraction of sp³-hybridized carbons (Fsp3) is 0.364. The van der Waals surface area contributed by atoms with Gasteiger partial charge in [0.25, 0.3) is 0 Å². The molecule has 0 aliphatic carbocycles. The van der Waals surface area contributed by atoms with Gasteiger partial charge in [-0.3, -0.25) is 0 Å². The fourth-order valence-corrected chi connectivity index (χ4v) is 1.62. The molecule has 2 aromatic rings. The molecule has 0 unspecified atom stereocenters. The molecule has 6 heteroatoms. The molecule has 1 aromatic heterocycles. The van der Waals surface area contributed by atoms with Crippen LogP contribution in [0.5, 0.6) is 0 Å². The first-order valence-electron chi connectivity index (χ1n) is 5.47. The molecule has 0 fully saturated rings. The van der Waals surface area contributed by atoms with Crippen LogP contribution < -0.4 is 5.32 Å². The van der Waals surface area contributed by atoms with E-state index >= 15 is 0 Å². The smallest absolute Gasteiger partial charge is 0.170 e. The Kier molecular flexibility index (Phi) is 3.43. The van der Waals surface area contributed by atoms with Crippen LogP contribution in [-0.4, -0.2) is 26.8 Å². The maximum Gasteiger partial charge on any atom is 0.170 e. The summed E-state index contributed by atoms with van der Waals surface area (Å²) in [5.74, 6) is 0.273. The average molecular weight is 235 g/mol. The Labute approximate surface area is 98.6 Å². The number of hydrogen-bond acceptors (Lipinski definition) is 4. The van der Waals surface area contributed by atoms with Gasteiger partial charge >= 0.3 is 0 Å². The summed E-state index contributed by atoms with van der Waals surface area (Å²) in [5, 5.41) is 14.4. The molecular formula is C11H14FN5. The summed E-state index contributed by atoms with van der Waals surface area (Å²) in [4.78, 5) is 0. The lowest BCUT2D eigenvalue weighted by atomic mass is 10.2. The molecule has 0 atom stereocenters. The van der Waals surface area contributed by atoms with Gasteiger partial charge in [0.1, 0.15) is 11.5 Å². The minimum Gasteiger partial charge on any atom is -0.310 e. The van der Waals surface area contributed by atoms with Crippen LogP contribution in [0.1, 0.15) is 18.3 Å². The number of para-hydroxylation sites is 1. The third-order valence-corrected chi connectivity index (χ3v) is 2.47. The van der Waals surface area contributed by atoms with Crippen molar-refractivity contribution in [1.82, 2.24) is 25.5 Å².